The molecule has 29 heavy (non-hydrogen) atoms. The molecule has 2 bridgehead atoms. The van der Waals surface area contributed by atoms with E-state index in [2.05, 4.69) is 15.0 Å². The lowest BCUT2D eigenvalue weighted by Gasteiger charge is -2.44. The molecule has 0 saturated carbocycles. The third kappa shape index (κ3) is 4.95. The number of esters is 2. The Morgan fingerprint density at radius 3 is 2.76 bits per heavy atom. The number of hydrogen-bond donors (Lipinski definition) is 1. The third-order valence-electron chi connectivity index (χ3n) is 5.65. The molecule has 2 aliphatic heterocycles. The monoisotopic (exact) mass is 421 g/mol. The number of aromatic nitrogens is 1. The Kier molecular flexibility index (Phi) is 6.89. The molecule has 3 atom stereocenters. The van der Waals surface area contributed by atoms with Crippen molar-refractivity contribution in [1.29, 1.82) is 0 Å². The quantitative estimate of drug-likeness (QED) is 0.538. The normalized spacial score (nSPS) is 21.0. The molecule has 1 aromatic heterocycles. The van der Waals surface area contributed by atoms with Crippen molar-refractivity contribution in [3.05, 3.63) is 34.2 Å². The van der Waals surface area contributed by atoms with Crippen LogP contribution in [0.25, 0.3) is 0 Å². The van der Waals surface area contributed by atoms with E-state index in [4.69, 9.17) is 17.0 Å². The molecule has 3 heterocycles. The summed E-state index contributed by atoms with van der Waals surface area (Å²) in [5, 5.41) is 3.62. The van der Waals surface area contributed by atoms with Crippen molar-refractivity contribution in [3.8, 4) is 0 Å². The lowest BCUT2D eigenvalue weighted by Crippen LogP contribution is -2.54. The highest BCUT2D eigenvalue weighted by Crippen LogP contribution is 2.34. The van der Waals surface area contributed by atoms with Crippen LogP contribution in [0.1, 0.15) is 37.3 Å². The maximum atomic E-state index is 12.2. The third-order valence-corrected chi connectivity index (χ3v) is 6.03. The number of fused-ring (bicyclic) bond motifs is 4. The van der Waals surface area contributed by atoms with Gasteiger partial charge in [-0.15, -0.1) is 0 Å². The van der Waals surface area contributed by atoms with Crippen molar-refractivity contribution in [3.63, 3.8) is 0 Å². The number of carbonyl (C=O) groups is 2. The van der Waals surface area contributed by atoms with Gasteiger partial charge in [0.05, 0.1) is 14.2 Å². The fourth-order valence-electron chi connectivity index (χ4n) is 4.25. The maximum Gasteiger partial charge on any atom is 0.328 e. The summed E-state index contributed by atoms with van der Waals surface area (Å²) in [6, 6.07) is 4.79. The number of thiocarbonyl (C=S) groups is 1. The van der Waals surface area contributed by atoms with Crippen molar-refractivity contribution >= 4 is 29.3 Å². The predicted molar refractivity (Wildman–Crippen MR) is 111 cm³/mol. The minimum Gasteiger partial charge on any atom is -0.469 e. The number of methoxy groups -OCH3 is 2. The zero-order valence-electron chi connectivity index (χ0n) is 16.8. The molecule has 0 aromatic carbocycles. The average molecular weight is 422 g/mol. The molecule has 2 aliphatic rings. The highest BCUT2D eigenvalue weighted by molar-refractivity contribution is 7.80. The first-order chi connectivity index (χ1) is 13.9. The summed E-state index contributed by atoms with van der Waals surface area (Å²) in [7, 11) is 2.67. The van der Waals surface area contributed by atoms with Gasteiger partial charge in [0.2, 0.25) is 0 Å². The van der Waals surface area contributed by atoms with Gasteiger partial charge in [-0.25, -0.2) is 4.79 Å². The van der Waals surface area contributed by atoms with E-state index in [1.54, 1.807) is 12.1 Å². The van der Waals surface area contributed by atoms with Crippen LogP contribution in [0.3, 0.4) is 0 Å². The van der Waals surface area contributed by atoms with Gasteiger partial charge in [-0.3, -0.25) is 9.59 Å². The fraction of sp³-hybridized carbons (Fsp3) is 0.600. The first-order valence-electron chi connectivity index (χ1n) is 9.82. The number of likely N-dealkylation sites (tertiary alicyclic amines) is 1. The Hall–Kier alpha value is -2.42. The lowest BCUT2D eigenvalue weighted by atomic mass is 9.83. The van der Waals surface area contributed by atoms with E-state index in [0.717, 1.165) is 18.7 Å². The van der Waals surface area contributed by atoms with E-state index in [-0.39, 0.29) is 23.9 Å². The summed E-state index contributed by atoms with van der Waals surface area (Å²) in [4.78, 5) is 37.7. The van der Waals surface area contributed by atoms with Gasteiger partial charge < -0.3 is 24.3 Å². The molecule has 2 unspecified atom stereocenters. The molecular formula is C20H27N3O5S. The minimum atomic E-state index is -0.617. The van der Waals surface area contributed by atoms with Crippen LogP contribution in [0.5, 0.6) is 0 Å². The predicted octanol–water partition coefficient (Wildman–Crippen LogP) is 1.03. The number of hydrogen-bond acceptors (Lipinski definition) is 6. The van der Waals surface area contributed by atoms with E-state index in [9.17, 15) is 14.4 Å². The number of nitrogens with one attached hydrogen (secondary N) is 1. The topological polar surface area (TPSA) is 89.9 Å². The van der Waals surface area contributed by atoms with Gasteiger partial charge in [-0.05, 0) is 43.5 Å². The zero-order valence-corrected chi connectivity index (χ0v) is 17.6. The molecule has 1 N–H and O–H groups in total. The molecule has 1 saturated heterocycles. The molecular weight excluding hydrogens is 394 g/mol. The second-order valence-electron chi connectivity index (χ2n) is 7.60. The van der Waals surface area contributed by atoms with Gasteiger partial charge in [0.25, 0.3) is 5.56 Å². The Balaban J connectivity index is 1.64. The second-order valence-corrected chi connectivity index (χ2v) is 7.98. The molecule has 0 aliphatic carbocycles. The molecule has 3 rings (SSSR count). The van der Waals surface area contributed by atoms with Crippen molar-refractivity contribution in [2.24, 2.45) is 5.92 Å². The van der Waals surface area contributed by atoms with E-state index >= 15 is 0 Å². The molecule has 158 valence electrons. The number of carbonyl (C=O) groups excluding carboxylic acids is 2. The van der Waals surface area contributed by atoms with Crippen LogP contribution in [-0.4, -0.2) is 59.9 Å². The van der Waals surface area contributed by atoms with Crippen LogP contribution in [0.15, 0.2) is 23.0 Å². The van der Waals surface area contributed by atoms with Gasteiger partial charge in [0.15, 0.2) is 5.11 Å². The summed E-state index contributed by atoms with van der Waals surface area (Å²) in [5.74, 6) is -0.163. The van der Waals surface area contributed by atoms with E-state index in [1.807, 2.05) is 10.6 Å². The summed E-state index contributed by atoms with van der Waals surface area (Å²) >= 11 is 5.59. The van der Waals surface area contributed by atoms with Crippen LogP contribution in [0.2, 0.25) is 0 Å². The van der Waals surface area contributed by atoms with Gasteiger partial charge in [0, 0.05) is 43.7 Å². The van der Waals surface area contributed by atoms with Crippen molar-refractivity contribution in [1.82, 2.24) is 14.8 Å². The average Bonchev–Trinajstić information content (AvgIpc) is 2.72. The van der Waals surface area contributed by atoms with E-state index in [0.29, 0.717) is 37.0 Å². The number of nitrogens with zero attached hydrogens (tertiary/aromatic N) is 2. The van der Waals surface area contributed by atoms with Gasteiger partial charge in [0.1, 0.15) is 6.04 Å². The maximum absolute atomic E-state index is 12.2. The highest BCUT2D eigenvalue weighted by atomic mass is 32.1. The Labute approximate surface area is 175 Å². The summed E-state index contributed by atoms with van der Waals surface area (Å²) in [5.41, 5.74) is 1.09. The van der Waals surface area contributed by atoms with Crippen LogP contribution in [0, 0.1) is 5.92 Å². The standard InChI is InChI=1S/C20H27N3O5S/c1-27-18(25)8-3-5-15(19(26)28-2)21-20(29)22-10-13-9-14(12-22)16-6-4-7-17(24)23(16)11-13/h4,6-7,13-15H,3,5,8-12H2,1-2H3,(H,21,29)/t13-,14?,15?/m1/s1. The molecule has 0 spiro atoms. The van der Waals surface area contributed by atoms with Crippen LogP contribution in [-0.2, 0) is 25.6 Å². The molecule has 0 radical (unpaired) electrons. The zero-order chi connectivity index (χ0) is 21.0. The first kappa shape index (κ1) is 21.3. The molecule has 9 heteroatoms. The summed E-state index contributed by atoms with van der Waals surface area (Å²) < 4.78 is 11.4. The van der Waals surface area contributed by atoms with E-state index < -0.39 is 12.0 Å². The summed E-state index contributed by atoms with van der Waals surface area (Å²) in [6.07, 6.45) is 2.17. The SMILES string of the molecule is COC(=O)CCCC(NC(=S)N1CC2C[C@H](C1)Cn1c2cccc1=O)C(=O)OC. The number of rotatable bonds is 6. The smallest absolute Gasteiger partial charge is 0.328 e. The van der Waals surface area contributed by atoms with Crippen molar-refractivity contribution < 1.29 is 19.1 Å². The summed E-state index contributed by atoms with van der Waals surface area (Å²) in [6.45, 7) is 2.12. The van der Waals surface area contributed by atoms with Crippen LogP contribution in [0.4, 0.5) is 0 Å². The van der Waals surface area contributed by atoms with Gasteiger partial charge in [-0.1, -0.05) is 6.07 Å². The Bertz CT molecular complexity index is 840. The van der Waals surface area contributed by atoms with Crippen molar-refractivity contribution in [2.45, 2.75) is 44.2 Å². The number of ether oxygens (including phenoxy) is 2. The first-order valence-corrected chi connectivity index (χ1v) is 10.2. The van der Waals surface area contributed by atoms with Crippen LogP contribution >= 0.6 is 12.2 Å². The Morgan fingerprint density at radius 1 is 1.24 bits per heavy atom. The lowest BCUT2D eigenvalue weighted by molar-refractivity contribution is -0.144. The number of piperidine rings is 1. The molecule has 1 fully saturated rings. The second kappa shape index (κ2) is 9.39. The molecule has 0 amide bonds. The van der Waals surface area contributed by atoms with E-state index in [1.165, 1.54) is 14.2 Å². The van der Waals surface area contributed by atoms with Crippen LogP contribution < -0.4 is 10.9 Å². The van der Waals surface area contributed by atoms with Crippen molar-refractivity contribution in [2.75, 3.05) is 27.3 Å². The fourth-order valence-corrected chi connectivity index (χ4v) is 4.54. The molecule has 8 nitrogen and oxygen atoms in total. The Morgan fingerprint density at radius 2 is 2.03 bits per heavy atom. The largest absolute Gasteiger partial charge is 0.469 e. The van der Waals surface area contributed by atoms with Gasteiger partial charge in [-0.2, -0.15) is 0 Å². The van der Waals surface area contributed by atoms with Gasteiger partial charge >= 0.3 is 11.9 Å². The number of pyridine rings is 1. The minimum absolute atomic E-state index is 0.0442. The highest BCUT2D eigenvalue weighted by Gasteiger charge is 2.36. The molecule has 1 aromatic rings.